The molecule has 0 spiro atoms. The molecule has 0 aliphatic carbocycles. The second-order valence-electron chi connectivity index (χ2n) is 10.9. The Morgan fingerprint density at radius 1 is 1.11 bits per heavy atom. The number of benzene rings is 2. The summed E-state index contributed by atoms with van der Waals surface area (Å²) in [7, 11) is -2.52. The van der Waals surface area contributed by atoms with Gasteiger partial charge in [0.05, 0.1) is 24.8 Å². The number of anilines is 2. The number of likely N-dealkylation sites (N-methyl/N-ethyl adjacent to an activating group) is 1. The number of fused-ring (bicyclic) bond motifs is 2. The Morgan fingerprint density at radius 2 is 1.77 bits per heavy atom. The Morgan fingerprint density at radius 3 is 2.43 bits per heavy atom. The van der Waals surface area contributed by atoms with Crippen LogP contribution in [-0.2, 0) is 10.0 Å². The van der Waals surface area contributed by atoms with Gasteiger partial charge in [-0.15, -0.1) is 0 Å². The first-order valence-corrected chi connectivity index (χ1v) is 15.4. The average Bonchev–Trinajstić information content (AvgIpc) is 3.59. The van der Waals surface area contributed by atoms with E-state index in [1.54, 1.807) is 44.2 Å². The molecule has 236 valence electrons. The molecule has 3 atom stereocenters. The summed E-state index contributed by atoms with van der Waals surface area (Å²) in [6.07, 6.45) is -0.677. The number of rotatable bonds is 8. The molecule has 14 nitrogen and oxygen atoms in total. The molecule has 3 amide bonds. The third kappa shape index (κ3) is 6.16. The summed E-state index contributed by atoms with van der Waals surface area (Å²) < 4.78 is 50.1. The van der Waals surface area contributed by atoms with Gasteiger partial charge in [0, 0.05) is 37.0 Å². The van der Waals surface area contributed by atoms with Gasteiger partial charge in [0.1, 0.15) is 22.4 Å². The maximum atomic E-state index is 13.7. The maximum Gasteiger partial charge on any atom is 0.323 e. The normalized spacial score (nSPS) is 18.7. The maximum absolute atomic E-state index is 13.7. The van der Waals surface area contributed by atoms with Crippen LogP contribution in [0.25, 0.3) is 0 Å². The number of nitrogens with one attached hydrogen (secondary N) is 2. The summed E-state index contributed by atoms with van der Waals surface area (Å²) in [6, 6.07) is 8.53. The molecule has 0 bridgehead atoms. The highest BCUT2D eigenvalue weighted by Gasteiger charge is 2.36. The second-order valence-corrected chi connectivity index (χ2v) is 12.9. The van der Waals surface area contributed by atoms with E-state index in [4.69, 9.17) is 18.7 Å². The Labute approximate surface area is 254 Å². The highest BCUT2D eigenvalue weighted by atomic mass is 32.2. The van der Waals surface area contributed by atoms with Crippen LogP contribution in [0.2, 0.25) is 0 Å². The fourth-order valence-corrected chi connectivity index (χ4v) is 6.60. The number of nitrogens with zero attached hydrogens (tertiary/aromatic N) is 3. The van der Waals surface area contributed by atoms with Gasteiger partial charge in [-0.1, -0.05) is 12.1 Å². The third-order valence-corrected chi connectivity index (χ3v) is 9.69. The highest BCUT2D eigenvalue weighted by Crippen LogP contribution is 2.35. The van der Waals surface area contributed by atoms with Crippen LogP contribution in [0.4, 0.5) is 16.2 Å². The van der Waals surface area contributed by atoms with E-state index < -0.39 is 34.1 Å². The fourth-order valence-electron chi connectivity index (χ4n) is 5.14. The molecule has 3 N–H and O–H groups in total. The molecule has 2 aliphatic rings. The molecule has 3 aromatic rings. The zero-order valence-electron chi connectivity index (χ0n) is 25.0. The number of sulfonamides is 1. The van der Waals surface area contributed by atoms with Crippen molar-refractivity contribution in [2.45, 2.75) is 44.7 Å². The van der Waals surface area contributed by atoms with E-state index in [-0.39, 0.29) is 60.1 Å². The summed E-state index contributed by atoms with van der Waals surface area (Å²) in [4.78, 5) is 28.1. The molecule has 0 saturated carbocycles. The van der Waals surface area contributed by atoms with Crippen LogP contribution in [0.15, 0.2) is 45.8 Å². The zero-order valence-corrected chi connectivity index (χ0v) is 25.8. The molecule has 0 saturated heterocycles. The van der Waals surface area contributed by atoms with Crippen molar-refractivity contribution in [3.05, 3.63) is 53.4 Å². The molecule has 3 heterocycles. The number of aryl methyl sites for hydroxylation is 2. The van der Waals surface area contributed by atoms with Crippen molar-refractivity contribution in [3.8, 4) is 17.2 Å². The first-order valence-electron chi connectivity index (χ1n) is 14.0. The van der Waals surface area contributed by atoms with E-state index in [0.717, 1.165) is 0 Å². The molecule has 0 unspecified atom stereocenters. The minimum atomic E-state index is -3.97. The van der Waals surface area contributed by atoms with Gasteiger partial charge < -0.3 is 39.4 Å². The average molecular weight is 630 g/mol. The lowest BCUT2D eigenvalue weighted by Crippen LogP contribution is -2.50. The fraction of sp³-hybridized carbons (Fsp3) is 0.414. The van der Waals surface area contributed by atoms with Crippen molar-refractivity contribution in [1.82, 2.24) is 14.4 Å². The molecule has 44 heavy (non-hydrogen) atoms. The molecule has 5 rings (SSSR count). The van der Waals surface area contributed by atoms with Gasteiger partial charge >= 0.3 is 6.03 Å². The van der Waals surface area contributed by atoms with Crippen LogP contribution in [0.1, 0.15) is 35.7 Å². The van der Waals surface area contributed by atoms with Crippen LogP contribution in [0.5, 0.6) is 17.2 Å². The van der Waals surface area contributed by atoms with Crippen LogP contribution < -0.4 is 24.8 Å². The standard InChI is InChI=1S/C29H35N5O9S/c1-16-12-34(17(2)14-35)28(36)22-10-20(30-29(37)31-21-7-9-24-25(11-21)41-15-40-24)6-8-23(22)42-26(16)13-33(5)44(38,39)27-18(3)32-43-19(27)4/h6-11,16-17,26,35H,12-15H2,1-5H3,(H2,30,31,37)/t16-,17+,26-/m1/s1. The van der Waals surface area contributed by atoms with E-state index >= 15 is 0 Å². The van der Waals surface area contributed by atoms with Crippen LogP contribution in [0.3, 0.4) is 0 Å². The van der Waals surface area contributed by atoms with Gasteiger partial charge in [-0.05, 0) is 51.1 Å². The number of carbonyl (C=O) groups excluding carboxylic acids is 2. The van der Waals surface area contributed by atoms with E-state index in [1.165, 1.54) is 29.2 Å². The van der Waals surface area contributed by atoms with Crippen molar-refractivity contribution in [3.63, 3.8) is 0 Å². The molecule has 1 aromatic heterocycles. The first-order chi connectivity index (χ1) is 20.9. The van der Waals surface area contributed by atoms with E-state index in [2.05, 4.69) is 15.8 Å². The number of carbonyl (C=O) groups is 2. The van der Waals surface area contributed by atoms with Gasteiger partial charge in [0.25, 0.3) is 5.91 Å². The molecule has 15 heteroatoms. The number of urea groups is 1. The summed E-state index contributed by atoms with van der Waals surface area (Å²) >= 11 is 0. The molecule has 0 radical (unpaired) electrons. The zero-order chi connectivity index (χ0) is 31.8. The lowest BCUT2D eigenvalue weighted by atomic mass is 9.99. The van der Waals surface area contributed by atoms with Gasteiger partial charge in [0.15, 0.2) is 17.3 Å². The van der Waals surface area contributed by atoms with Crippen molar-refractivity contribution >= 4 is 33.3 Å². The first kappa shape index (κ1) is 31.1. The van der Waals surface area contributed by atoms with Gasteiger partial charge in [-0.3, -0.25) is 4.79 Å². The Bertz CT molecular complexity index is 1660. The van der Waals surface area contributed by atoms with Gasteiger partial charge in [0.2, 0.25) is 16.8 Å². The van der Waals surface area contributed by atoms with Crippen molar-refractivity contribution in [1.29, 1.82) is 0 Å². The lowest BCUT2D eigenvalue weighted by Gasteiger charge is -2.38. The van der Waals surface area contributed by atoms with Crippen LogP contribution in [0, 0.1) is 19.8 Å². The van der Waals surface area contributed by atoms with Crippen molar-refractivity contribution < 1.29 is 41.8 Å². The summed E-state index contributed by atoms with van der Waals surface area (Å²) in [6.45, 7) is 6.64. The number of aromatic nitrogens is 1. The largest absolute Gasteiger partial charge is 0.488 e. The lowest BCUT2D eigenvalue weighted by molar-refractivity contribution is 0.0387. The minimum absolute atomic E-state index is 0.000606. The molecular formula is C29H35N5O9S. The number of aliphatic hydroxyl groups excluding tert-OH is 1. The Balaban J connectivity index is 1.40. The number of hydrogen-bond donors (Lipinski definition) is 3. The molecule has 2 aliphatic heterocycles. The van der Waals surface area contributed by atoms with Crippen LogP contribution >= 0.6 is 0 Å². The van der Waals surface area contributed by atoms with E-state index in [1.807, 2.05) is 6.92 Å². The predicted octanol–water partition coefficient (Wildman–Crippen LogP) is 3.20. The van der Waals surface area contributed by atoms with Crippen molar-refractivity contribution in [2.24, 2.45) is 5.92 Å². The third-order valence-electron chi connectivity index (χ3n) is 7.63. The summed E-state index contributed by atoms with van der Waals surface area (Å²) in [5.41, 5.74) is 1.20. The number of hydrogen-bond acceptors (Lipinski definition) is 10. The van der Waals surface area contributed by atoms with Gasteiger partial charge in [-0.2, -0.15) is 4.31 Å². The molecular weight excluding hydrogens is 594 g/mol. The molecule has 2 aromatic carbocycles. The van der Waals surface area contributed by atoms with E-state index in [0.29, 0.717) is 22.9 Å². The minimum Gasteiger partial charge on any atom is -0.488 e. The SMILES string of the molecule is Cc1noc(C)c1S(=O)(=O)N(C)C[C@H]1Oc2ccc(NC(=O)Nc3ccc4c(c3)OCO4)cc2C(=O)N([C@@H](C)CO)C[C@H]1C. The number of aliphatic hydroxyl groups is 1. The topological polar surface area (TPSA) is 173 Å². The van der Waals surface area contributed by atoms with Crippen molar-refractivity contribution in [2.75, 3.05) is 44.2 Å². The van der Waals surface area contributed by atoms with Gasteiger partial charge in [-0.25, -0.2) is 13.2 Å². The number of ether oxygens (including phenoxy) is 3. The highest BCUT2D eigenvalue weighted by molar-refractivity contribution is 7.89. The smallest absolute Gasteiger partial charge is 0.323 e. The summed E-state index contributed by atoms with van der Waals surface area (Å²) in [5.74, 6) is 0.766. The van der Waals surface area contributed by atoms with Crippen LogP contribution in [-0.4, -0.2) is 85.5 Å². The molecule has 0 fully saturated rings. The summed E-state index contributed by atoms with van der Waals surface area (Å²) in [5, 5.41) is 19.2. The Hall–Kier alpha value is -4.34. The number of amides is 3. The predicted molar refractivity (Wildman–Crippen MR) is 159 cm³/mol. The second kappa shape index (κ2) is 12.3. The quantitative estimate of drug-likeness (QED) is 0.336. The van der Waals surface area contributed by atoms with E-state index in [9.17, 15) is 23.1 Å². The Kier molecular flexibility index (Phi) is 8.72. The monoisotopic (exact) mass is 629 g/mol.